The molecule has 1 amide bonds. The average Bonchev–Trinajstić information content (AvgIpc) is 2.73. The molecule has 0 aliphatic heterocycles. The molecule has 0 unspecified atom stereocenters. The molecule has 0 aliphatic carbocycles. The van der Waals surface area contributed by atoms with Gasteiger partial charge < -0.3 is 10.1 Å². The van der Waals surface area contributed by atoms with Gasteiger partial charge >= 0.3 is 0 Å². The van der Waals surface area contributed by atoms with Crippen LogP contribution in [0.5, 0.6) is 5.75 Å². The Balaban J connectivity index is 1.69. The van der Waals surface area contributed by atoms with Gasteiger partial charge in [0.2, 0.25) is 0 Å². The summed E-state index contributed by atoms with van der Waals surface area (Å²) in [6, 6.07) is 19.1. The van der Waals surface area contributed by atoms with Gasteiger partial charge in [-0.05, 0) is 67.1 Å². The van der Waals surface area contributed by atoms with Gasteiger partial charge in [-0.1, -0.05) is 23.7 Å². The molecule has 3 aromatic carbocycles. The number of hydrogen-bond donors (Lipinski definition) is 1. The van der Waals surface area contributed by atoms with Gasteiger partial charge in [0.15, 0.2) is 0 Å². The van der Waals surface area contributed by atoms with Crippen molar-refractivity contribution in [3.8, 4) is 5.75 Å². The summed E-state index contributed by atoms with van der Waals surface area (Å²) in [6.45, 7) is 2.81. The number of ether oxygens (including phenoxy) is 1. The van der Waals surface area contributed by atoms with Gasteiger partial charge in [0.25, 0.3) is 5.91 Å². The molecule has 0 heterocycles. The number of rotatable bonds is 8. The Morgan fingerprint density at radius 1 is 1.07 bits per heavy atom. The van der Waals surface area contributed by atoms with E-state index in [-0.39, 0.29) is 11.7 Å². The van der Waals surface area contributed by atoms with Crippen molar-refractivity contribution < 1.29 is 13.9 Å². The maximum atomic E-state index is 13.0. The highest BCUT2D eigenvalue weighted by atomic mass is 35.5. The van der Waals surface area contributed by atoms with E-state index in [0.29, 0.717) is 29.5 Å². The molecule has 1 N–H and O–H groups in total. The monoisotopic (exact) mass is 429 g/mol. The third-order valence-electron chi connectivity index (χ3n) is 4.20. The first-order valence-corrected chi connectivity index (χ1v) is 10.6. The average molecular weight is 430 g/mol. The maximum absolute atomic E-state index is 13.0. The van der Waals surface area contributed by atoms with Crippen LogP contribution in [0.4, 0.5) is 4.39 Å². The van der Waals surface area contributed by atoms with Crippen LogP contribution in [0.15, 0.2) is 71.6 Å². The molecule has 29 heavy (non-hydrogen) atoms. The van der Waals surface area contributed by atoms with E-state index in [1.807, 2.05) is 43.3 Å². The summed E-state index contributed by atoms with van der Waals surface area (Å²) in [7, 11) is 0. The largest absolute Gasteiger partial charge is 0.494 e. The molecular formula is C23H21ClFNO2S. The van der Waals surface area contributed by atoms with Crippen LogP contribution in [0.2, 0.25) is 5.02 Å². The van der Waals surface area contributed by atoms with Crippen molar-refractivity contribution in [1.29, 1.82) is 0 Å². The second-order valence-electron chi connectivity index (χ2n) is 6.31. The zero-order valence-corrected chi connectivity index (χ0v) is 17.5. The first kappa shape index (κ1) is 21.2. The summed E-state index contributed by atoms with van der Waals surface area (Å²) >= 11 is 7.59. The predicted molar refractivity (Wildman–Crippen MR) is 116 cm³/mol. The van der Waals surface area contributed by atoms with Crippen LogP contribution in [0, 0.1) is 5.82 Å². The standard InChI is InChI=1S/C23H21ClFNO2S/c1-2-28-22-12-5-17(23(27)26-14-16-3-8-20(25)9-4-16)13-18(22)15-29-21-10-6-19(24)7-11-21/h3-13H,2,14-15H2,1H3,(H,26,27). The Bertz CT molecular complexity index is 962. The molecule has 3 rings (SSSR count). The van der Waals surface area contributed by atoms with Crippen LogP contribution < -0.4 is 10.1 Å². The second-order valence-corrected chi connectivity index (χ2v) is 7.79. The molecule has 0 atom stereocenters. The molecule has 0 fully saturated rings. The van der Waals surface area contributed by atoms with Crippen molar-refractivity contribution in [3.05, 3.63) is 94.3 Å². The highest BCUT2D eigenvalue weighted by Gasteiger charge is 2.11. The van der Waals surface area contributed by atoms with Crippen molar-refractivity contribution >= 4 is 29.3 Å². The van der Waals surface area contributed by atoms with E-state index in [2.05, 4.69) is 5.32 Å². The topological polar surface area (TPSA) is 38.3 Å². The minimum absolute atomic E-state index is 0.185. The molecule has 0 aliphatic rings. The Kier molecular flexibility index (Phi) is 7.55. The number of amides is 1. The molecule has 0 radical (unpaired) electrons. The van der Waals surface area contributed by atoms with Gasteiger partial charge in [0.1, 0.15) is 11.6 Å². The molecule has 0 saturated heterocycles. The smallest absolute Gasteiger partial charge is 0.251 e. The minimum Gasteiger partial charge on any atom is -0.494 e. The van der Waals surface area contributed by atoms with E-state index < -0.39 is 0 Å². The lowest BCUT2D eigenvalue weighted by atomic mass is 10.1. The minimum atomic E-state index is -0.297. The number of hydrogen-bond acceptors (Lipinski definition) is 3. The van der Waals surface area contributed by atoms with Crippen LogP contribution in [0.25, 0.3) is 0 Å². The third-order valence-corrected chi connectivity index (χ3v) is 5.51. The van der Waals surface area contributed by atoms with E-state index in [0.717, 1.165) is 21.8 Å². The Hall–Kier alpha value is -2.50. The van der Waals surface area contributed by atoms with E-state index in [4.69, 9.17) is 16.3 Å². The van der Waals surface area contributed by atoms with Crippen LogP contribution in [-0.4, -0.2) is 12.5 Å². The number of carbonyl (C=O) groups is 1. The van der Waals surface area contributed by atoms with Crippen LogP contribution in [0.1, 0.15) is 28.4 Å². The lowest BCUT2D eigenvalue weighted by Gasteiger charge is -2.13. The van der Waals surface area contributed by atoms with Gasteiger partial charge in [-0.25, -0.2) is 4.39 Å². The number of benzene rings is 3. The Morgan fingerprint density at radius 2 is 1.79 bits per heavy atom. The van der Waals surface area contributed by atoms with E-state index >= 15 is 0 Å². The first-order valence-electron chi connectivity index (χ1n) is 9.22. The van der Waals surface area contributed by atoms with Crippen molar-refractivity contribution in [2.75, 3.05) is 6.61 Å². The lowest BCUT2D eigenvalue weighted by Crippen LogP contribution is -2.23. The molecule has 0 bridgehead atoms. The molecule has 6 heteroatoms. The van der Waals surface area contributed by atoms with Gasteiger partial charge in [-0.2, -0.15) is 0 Å². The highest BCUT2D eigenvalue weighted by molar-refractivity contribution is 7.98. The van der Waals surface area contributed by atoms with Gasteiger partial charge in [0, 0.05) is 33.3 Å². The third kappa shape index (κ3) is 6.24. The van der Waals surface area contributed by atoms with E-state index in [1.165, 1.54) is 12.1 Å². The van der Waals surface area contributed by atoms with Crippen LogP contribution in [-0.2, 0) is 12.3 Å². The van der Waals surface area contributed by atoms with Crippen molar-refractivity contribution in [2.24, 2.45) is 0 Å². The summed E-state index contributed by atoms with van der Waals surface area (Å²) in [5, 5.41) is 3.57. The normalized spacial score (nSPS) is 10.6. The zero-order valence-electron chi connectivity index (χ0n) is 16.0. The lowest BCUT2D eigenvalue weighted by molar-refractivity contribution is 0.0951. The summed E-state index contributed by atoms with van der Waals surface area (Å²) in [4.78, 5) is 13.7. The molecule has 150 valence electrons. The fourth-order valence-electron chi connectivity index (χ4n) is 2.71. The van der Waals surface area contributed by atoms with Crippen LogP contribution >= 0.6 is 23.4 Å². The maximum Gasteiger partial charge on any atom is 0.251 e. The van der Waals surface area contributed by atoms with Crippen LogP contribution in [0.3, 0.4) is 0 Å². The molecule has 0 saturated carbocycles. The van der Waals surface area contributed by atoms with E-state index in [1.54, 1.807) is 30.0 Å². The molecule has 0 aromatic heterocycles. The van der Waals surface area contributed by atoms with Crippen molar-refractivity contribution in [1.82, 2.24) is 5.32 Å². The molecule has 3 nitrogen and oxygen atoms in total. The summed E-state index contributed by atoms with van der Waals surface area (Å²) in [6.07, 6.45) is 0. The first-order chi connectivity index (χ1) is 14.0. The molecular weight excluding hydrogens is 409 g/mol. The number of nitrogens with one attached hydrogen (secondary N) is 1. The fraction of sp³-hybridized carbons (Fsp3) is 0.174. The van der Waals surface area contributed by atoms with Gasteiger partial charge in [-0.3, -0.25) is 4.79 Å². The van der Waals surface area contributed by atoms with Gasteiger partial charge in [-0.15, -0.1) is 11.8 Å². The van der Waals surface area contributed by atoms with Crippen molar-refractivity contribution in [2.45, 2.75) is 24.1 Å². The van der Waals surface area contributed by atoms with Crippen molar-refractivity contribution in [3.63, 3.8) is 0 Å². The van der Waals surface area contributed by atoms with Gasteiger partial charge in [0.05, 0.1) is 6.61 Å². The SMILES string of the molecule is CCOc1ccc(C(=O)NCc2ccc(F)cc2)cc1CSc1ccc(Cl)cc1. The number of thioether (sulfide) groups is 1. The highest BCUT2D eigenvalue weighted by Crippen LogP contribution is 2.29. The summed E-state index contributed by atoms with van der Waals surface area (Å²) in [5.41, 5.74) is 2.34. The fourth-order valence-corrected chi connectivity index (χ4v) is 3.71. The Labute approximate surface area is 179 Å². The Morgan fingerprint density at radius 3 is 2.48 bits per heavy atom. The molecule has 3 aromatic rings. The summed E-state index contributed by atoms with van der Waals surface area (Å²) in [5.74, 6) is 0.948. The number of halogens is 2. The zero-order chi connectivity index (χ0) is 20.6. The number of carbonyl (C=O) groups excluding carboxylic acids is 1. The quantitative estimate of drug-likeness (QED) is 0.439. The summed E-state index contributed by atoms with van der Waals surface area (Å²) < 4.78 is 18.7. The molecule has 0 spiro atoms. The second kappa shape index (κ2) is 10.3. The van der Waals surface area contributed by atoms with E-state index in [9.17, 15) is 9.18 Å². The predicted octanol–water partition coefficient (Wildman–Crippen LogP) is 6.10.